The molecule has 3 amide bonds. The second kappa shape index (κ2) is 6.67. The fourth-order valence-electron chi connectivity index (χ4n) is 1.47. The van der Waals surface area contributed by atoms with Crippen molar-refractivity contribution in [2.75, 3.05) is 20.1 Å². The average Bonchev–Trinajstić information content (AvgIpc) is 2.15. The lowest BCUT2D eigenvalue weighted by molar-refractivity contribution is -0.119. The summed E-state index contributed by atoms with van der Waals surface area (Å²) < 4.78 is 0. The molecule has 0 atom stereocenters. The van der Waals surface area contributed by atoms with E-state index in [0.717, 1.165) is 19.3 Å². The van der Waals surface area contributed by atoms with Gasteiger partial charge in [-0.05, 0) is 19.3 Å². The molecule has 1 saturated carbocycles. The lowest BCUT2D eigenvalue weighted by Gasteiger charge is -2.38. The van der Waals surface area contributed by atoms with Crippen LogP contribution in [0.4, 0.5) is 4.79 Å². The number of carbonyl (C=O) groups is 2. The van der Waals surface area contributed by atoms with Crippen molar-refractivity contribution in [2.24, 2.45) is 5.73 Å². The Labute approximate surface area is 101 Å². The van der Waals surface area contributed by atoms with Crippen LogP contribution in [-0.2, 0) is 4.79 Å². The van der Waals surface area contributed by atoms with Crippen LogP contribution in [0.2, 0.25) is 0 Å². The molecule has 0 radical (unpaired) electrons. The van der Waals surface area contributed by atoms with Crippen LogP contribution in [0.5, 0.6) is 0 Å². The Morgan fingerprint density at radius 1 is 1.38 bits per heavy atom. The molecule has 94 valence electrons. The maximum absolute atomic E-state index is 11.1. The summed E-state index contributed by atoms with van der Waals surface area (Å²) in [6.07, 6.45) is 3.15. The highest BCUT2D eigenvalue weighted by molar-refractivity contribution is 5.95. The van der Waals surface area contributed by atoms with Gasteiger partial charge in [0, 0.05) is 19.1 Å². The molecule has 5 N–H and O–H groups in total. The average molecular weight is 251 g/mol. The monoisotopic (exact) mass is 250 g/mol. The first-order chi connectivity index (χ1) is 7.06. The SMILES string of the molecule is CNC(=O)NC(=O)CNCC1(N)CCC1.Cl. The van der Waals surface area contributed by atoms with Crippen LogP contribution in [-0.4, -0.2) is 37.6 Å². The molecule has 7 heteroatoms. The largest absolute Gasteiger partial charge is 0.341 e. The third kappa shape index (κ3) is 4.78. The second-order valence-corrected chi connectivity index (χ2v) is 3.95. The van der Waals surface area contributed by atoms with Crippen LogP contribution in [0.3, 0.4) is 0 Å². The maximum atomic E-state index is 11.1. The minimum atomic E-state index is -0.493. The number of nitrogens with two attached hydrogens (primary N) is 1. The number of amides is 3. The van der Waals surface area contributed by atoms with E-state index in [1.807, 2.05) is 0 Å². The van der Waals surface area contributed by atoms with E-state index in [1.165, 1.54) is 7.05 Å². The fourth-order valence-corrected chi connectivity index (χ4v) is 1.47. The first-order valence-corrected chi connectivity index (χ1v) is 5.07. The Balaban J connectivity index is 0.00000225. The highest BCUT2D eigenvalue weighted by Gasteiger charge is 2.31. The lowest BCUT2D eigenvalue weighted by atomic mass is 9.78. The van der Waals surface area contributed by atoms with E-state index in [4.69, 9.17) is 5.73 Å². The van der Waals surface area contributed by atoms with Gasteiger partial charge in [0.2, 0.25) is 5.91 Å². The summed E-state index contributed by atoms with van der Waals surface area (Å²) in [5.41, 5.74) is 5.80. The van der Waals surface area contributed by atoms with E-state index >= 15 is 0 Å². The van der Waals surface area contributed by atoms with E-state index in [-0.39, 0.29) is 30.4 Å². The molecule has 6 nitrogen and oxygen atoms in total. The van der Waals surface area contributed by atoms with E-state index in [0.29, 0.717) is 6.54 Å². The van der Waals surface area contributed by atoms with Crippen molar-refractivity contribution in [3.63, 3.8) is 0 Å². The number of hydrogen-bond donors (Lipinski definition) is 4. The Hall–Kier alpha value is -0.850. The van der Waals surface area contributed by atoms with Crippen LogP contribution < -0.4 is 21.7 Å². The van der Waals surface area contributed by atoms with Crippen LogP contribution in [0.1, 0.15) is 19.3 Å². The molecule has 0 aliphatic heterocycles. The highest BCUT2D eigenvalue weighted by Crippen LogP contribution is 2.27. The molecule has 1 rings (SSSR count). The molecule has 1 aliphatic rings. The standard InChI is InChI=1S/C9H18N4O2.ClH/c1-11-8(15)13-7(14)5-12-6-9(10)3-2-4-9;/h12H,2-6,10H2,1H3,(H2,11,13,14,15);1H. The van der Waals surface area contributed by atoms with E-state index in [1.54, 1.807) is 0 Å². The van der Waals surface area contributed by atoms with E-state index in [9.17, 15) is 9.59 Å². The number of nitrogens with one attached hydrogen (secondary N) is 3. The van der Waals surface area contributed by atoms with Gasteiger partial charge in [0.1, 0.15) is 0 Å². The highest BCUT2D eigenvalue weighted by atomic mass is 35.5. The van der Waals surface area contributed by atoms with Gasteiger partial charge in [-0.15, -0.1) is 12.4 Å². The third-order valence-corrected chi connectivity index (χ3v) is 2.59. The second-order valence-electron chi connectivity index (χ2n) is 3.95. The van der Waals surface area contributed by atoms with Gasteiger partial charge >= 0.3 is 6.03 Å². The van der Waals surface area contributed by atoms with Crippen LogP contribution in [0.15, 0.2) is 0 Å². The third-order valence-electron chi connectivity index (χ3n) is 2.59. The molecule has 0 unspecified atom stereocenters. The summed E-state index contributed by atoms with van der Waals surface area (Å²) in [5, 5.41) is 7.40. The number of hydrogen-bond acceptors (Lipinski definition) is 4. The van der Waals surface area contributed by atoms with Gasteiger partial charge in [0.05, 0.1) is 6.54 Å². The van der Waals surface area contributed by atoms with Gasteiger partial charge in [-0.3, -0.25) is 10.1 Å². The van der Waals surface area contributed by atoms with Crippen molar-refractivity contribution in [1.82, 2.24) is 16.0 Å². The van der Waals surface area contributed by atoms with E-state index < -0.39 is 6.03 Å². The predicted octanol–water partition coefficient (Wildman–Crippen LogP) is -0.665. The zero-order valence-electron chi connectivity index (χ0n) is 9.34. The van der Waals surface area contributed by atoms with Crippen LogP contribution >= 0.6 is 12.4 Å². The Bertz CT molecular complexity index is 256. The summed E-state index contributed by atoms with van der Waals surface area (Å²) in [7, 11) is 1.46. The molecule has 0 saturated heterocycles. The summed E-state index contributed by atoms with van der Waals surface area (Å²) in [6, 6.07) is -0.493. The van der Waals surface area contributed by atoms with Gasteiger partial charge in [-0.2, -0.15) is 0 Å². The molecule has 1 fully saturated rings. The van der Waals surface area contributed by atoms with Crippen molar-refractivity contribution in [3.8, 4) is 0 Å². The molecule has 0 aromatic heterocycles. The van der Waals surface area contributed by atoms with Crippen LogP contribution in [0.25, 0.3) is 0 Å². The molecule has 0 spiro atoms. The first-order valence-electron chi connectivity index (χ1n) is 5.07. The Morgan fingerprint density at radius 3 is 2.44 bits per heavy atom. The molecule has 0 bridgehead atoms. The minimum Gasteiger partial charge on any atom is -0.341 e. The molecular weight excluding hydrogens is 232 g/mol. The van der Waals surface area contributed by atoms with Crippen molar-refractivity contribution >= 4 is 24.3 Å². The van der Waals surface area contributed by atoms with Crippen molar-refractivity contribution in [2.45, 2.75) is 24.8 Å². The summed E-state index contributed by atoms with van der Waals surface area (Å²) in [4.78, 5) is 21.9. The number of carbonyl (C=O) groups excluding carboxylic acids is 2. The molecule has 1 aliphatic carbocycles. The van der Waals surface area contributed by atoms with E-state index in [2.05, 4.69) is 16.0 Å². The first kappa shape index (κ1) is 15.2. The molecule has 0 heterocycles. The summed E-state index contributed by atoms with van der Waals surface area (Å²) in [6.45, 7) is 0.737. The zero-order valence-corrected chi connectivity index (χ0v) is 10.2. The van der Waals surface area contributed by atoms with Gasteiger partial charge < -0.3 is 16.4 Å². The van der Waals surface area contributed by atoms with Gasteiger partial charge in [0.15, 0.2) is 0 Å². The van der Waals surface area contributed by atoms with Gasteiger partial charge in [-0.25, -0.2) is 4.79 Å². The predicted molar refractivity (Wildman–Crippen MR) is 63.5 cm³/mol. The van der Waals surface area contributed by atoms with Gasteiger partial charge in [-0.1, -0.05) is 0 Å². The molecule has 16 heavy (non-hydrogen) atoms. The van der Waals surface area contributed by atoms with Crippen LogP contribution in [0, 0.1) is 0 Å². The Kier molecular flexibility index (Phi) is 6.32. The minimum absolute atomic E-state index is 0. The number of urea groups is 1. The fraction of sp³-hybridized carbons (Fsp3) is 0.778. The summed E-state index contributed by atoms with van der Waals surface area (Å²) >= 11 is 0. The maximum Gasteiger partial charge on any atom is 0.321 e. The smallest absolute Gasteiger partial charge is 0.321 e. The number of rotatable bonds is 4. The normalized spacial score (nSPS) is 16.6. The summed E-state index contributed by atoms with van der Waals surface area (Å²) in [5.74, 6) is -0.350. The molecule has 0 aromatic rings. The molecule has 0 aromatic carbocycles. The van der Waals surface area contributed by atoms with Crippen molar-refractivity contribution < 1.29 is 9.59 Å². The topological polar surface area (TPSA) is 96.2 Å². The lowest BCUT2D eigenvalue weighted by Crippen LogP contribution is -2.55. The molecular formula is C9H19ClN4O2. The van der Waals surface area contributed by atoms with Gasteiger partial charge in [0.25, 0.3) is 0 Å². The van der Waals surface area contributed by atoms with Crippen molar-refractivity contribution in [1.29, 1.82) is 0 Å². The quantitative estimate of drug-likeness (QED) is 0.532. The number of imide groups is 1. The van der Waals surface area contributed by atoms with Crippen molar-refractivity contribution in [3.05, 3.63) is 0 Å². The number of halogens is 1. The Morgan fingerprint density at radius 2 is 2.00 bits per heavy atom. The zero-order chi connectivity index (χ0) is 11.3.